The SMILES string of the molecule is C#CCOC(=O)/C=C/c1cc(OC)c(OCC#C)c(OC)c1. The summed E-state index contributed by atoms with van der Waals surface area (Å²) in [6.45, 7) is 0.00893. The molecule has 5 heteroatoms. The normalized spacial score (nSPS) is 9.64. The molecule has 0 saturated heterocycles. The summed E-state index contributed by atoms with van der Waals surface area (Å²) < 4.78 is 20.6. The number of benzene rings is 1. The fourth-order valence-electron chi connectivity index (χ4n) is 1.58. The molecule has 0 aliphatic heterocycles. The molecular weight excluding hydrogens is 284 g/mol. The summed E-state index contributed by atoms with van der Waals surface area (Å²) in [6, 6.07) is 3.36. The van der Waals surface area contributed by atoms with E-state index in [2.05, 4.69) is 11.8 Å². The molecule has 0 bridgehead atoms. The summed E-state index contributed by atoms with van der Waals surface area (Å²) in [4.78, 5) is 11.4. The smallest absolute Gasteiger partial charge is 0.331 e. The molecule has 0 aliphatic carbocycles. The van der Waals surface area contributed by atoms with E-state index in [1.165, 1.54) is 20.3 Å². The molecule has 1 aromatic carbocycles. The van der Waals surface area contributed by atoms with Gasteiger partial charge in [-0.2, -0.15) is 0 Å². The molecular formula is C17H16O5. The van der Waals surface area contributed by atoms with Gasteiger partial charge in [-0.1, -0.05) is 11.8 Å². The van der Waals surface area contributed by atoms with E-state index in [0.717, 1.165) is 0 Å². The van der Waals surface area contributed by atoms with Gasteiger partial charge in [-0.3, -0.25) is 0 Å². The predicted octanol–water partition coefficient (Wildman–Crippen LogP) is 1.91. The number of methoxy groups -OCH3 is 2. The number of ether oxygens (including phenoxy) is 4. The highest BCUT2D eigenvalue weighted by molar-refractivity contribution is 5.87. The lowest BCUT2D eigenvalue weighted by atomic mass is 10.1. The number of hydrogen-bond acceptors (Lipinski definition) is 5. The van der Waals surface area contributed by atoms with E-state index in [4.69, 9.17) is 31.8 Å². The van der Waals surface area contributed by atoms with Gasteiger partial charge in [0.2, 0.25) is 5.75 Å². The van der Waals surface area contributed by atoms with Crippen molar-refractivity contribution in [2.45, 2.75) is 0 Å². The number of esters is 1. The molecule has 0 fully saturated rings. The Bertz CT molecular complexity index is 606. The fraction of sp³-hybridized carbons (Fsp3) is 0.235. The first-order chi connectivity index (χ1) is 10.7. The van der Waals surface area contributed by atoms with Crippen LogP contribution in [0.25, 0.3) is 6.08 Å². The number of carbonyl (C=O) groups is 1. The van der Waals surface area contributed by atoms with E-state index < -0.39 is 5.97 Å². The highest BCUT2D eigenvalue weighted by Gasteiger charge is 2.13. The Morgan fingerprint density at radius 2 is 1.73 bits per heavy atom. The minimum atomic E-state index is -0.538. The number of hydrogen-bond donors (Lipinski definition) is 0. The van der Waals surface area contributed by atoms with Crippen LogP contribution in [0.3, 0.4) is 0 Å². The molecule has 1 rings (SSSR count). The van der Waals surface area contributed by atoms with E-state index in [1.807, 2.05) is 0 Å². The number of terminal acetylenes is 2. The molecule has 1 aromatic rings. The summed E-state index contributed by atoms with van der Waals surface area (Å²) in [6.07, 6.45) is 13.0. The number of rotatable bonds is 7. The summed E-state index contributed by atoms with van der Waals surface area (Å²) in [5.74, 6) is 5.31. The van der Waals surface area contributed by atoms with Crippen molar-refractivity contribution in [2.24, 2.45) is 0 Å². The van der Waals surface area contributed by atoms with Crippen LogP contribution in [0.4, 0.5) is 0 Å². The van der Waals surface area contributed by atoms with Crippen LogP contribution in [0.1, 0.15) is 5.56 Å². The monoisotopic (exact) mass is 300 g/mol. The highest BCUT2D eigenvalue weighted by Crippen LogP contribution is 2.38. The summed E-state index contributed by atoms with van der Waals surface area (Å²) in [5.41, 5.74) is 0.666. The maximum absolute atomic E-state index is 11.4. The first-order valence-electron chi connectivity index (χ1n) is 6.26. The van der Waals surface area contributed by atoms with Gasteiger partial charge < -0.3 is 18.9 Å². The average Bonchev–Trinajstić information content (AvgIpc) is 2.55. The molecule has 0 aromatic heterocycles. The Kier molecular flexibility index (Phi) is 6.95. The van der Waals surface area contributed by atoms with Gasteiger partial charge in [0.05, 0.1) is 14.2 Å². The topological polar surface area (TPSA) is 54.0 Å². The van der Waals surface area contributed by atoms with Gasteiger partial charge in [-0.05, 0) is 23.8 Å². The van der Waals surface area contributed by atoms with E-state index >= 15 is 0 Å². The van der Waals surface area contributed by atoms with Crippen molar-refractivity contribution in [3.63, 3.8) is 0 Å². The third kappa shape index (κ3) is 4.81. The Balaban J connectivity index is 3.03. The minimum absolute atomic E-state index is 0.0747. The lowest BCUT2D eigenvalue weighted by Gasteiger charge is -2.14. The molecule has 0 atom stereocenters. The molecule has 0 radical (unpaired) electrons. The lowest BCUT2D eigenvalue weighted by molar-refractivity contribution is -0.136. The lowest BCUT2D eigenvalue weighted by Crippen LogP contribution is -2.01. The molecule has 0 heterocycles. The van der Waals surface area contributed by atoms with Crippen LogP contribution in [0.15, 0.2) is 18.2 Å². The van der Waals surface area contributed by atoms with Gasteiger partial charge in [-0.25, -0.2) is 4.79 Å². The Labute approximate surface area is 129 Å². The second kappa shape index (κ2) is 8.99. The van der Waals surface area contributed by atoms with Gasteiger partial charge >= 0.3 is 5.97 Å². The maximum atomic E-state index is 11.4. The zero-order valence-electron chi connectivity index (χ0n) is 12.4. The van der Waals surface area contributed by atoms with Crippen molar-refractivity contribution >= 4 is 12.0 Å². The maximum Gasteiger partial charge on any atom is 0.331 e. The van der Waals surface area contributed by atoms with Crippen molar-refractivity contribution in [3.8, 4) is 41.9 Å². The van der Waals surface area contributed by atoms with E-state index in [9.17, 15) is 4.79 Å². The van der Waals surface area contributed by atoms with Gasteiger partial charge in [0.1, 0.15) is 6.61 Å². The Morgan fingerprint density at radius 1 is 1.14 bits per heavy atom. The summed E-state index contributed by atoms with van der Waals surface area (Å²) in [7, 11) is 2.98. The van der Waals surface area contributed by atoms with Gasteiger partial charge in [-0.15, -0.1) is 12.8 Å². The predicted molar refractivity (Wildman–Crippen MR) is 82.7 cm³/mol. The average molecular weight is 300 g/mol. The number of carbonyl (C=O) groups excluding carboxylic acids is 1. The molecule has 5 nitrogen and oxygen atoms in total. The standard InChI is InChI=1S/C17H16O5/c1-5-9-21-16(18)8-7-13-11-14(19-3)17(22-10-6-2)15(12-13)20-4/h1-2,7-8,11-12H,9-10H2,3-4H3/b8-7+. The quantitative estimate of drug-likeness (QED) is 0.437. The van der Waals surface area contributed by atoms with E-state index in [0.29, 0.717) is 22.8 Å². The highest BCUT2D eigenvalue weighted by atomic mass is 16.5. The molecule has 0 amide bonds. The molecule has 0 saturated carbocycles. The van der Waals surface area contributed by atoms with Gasteiger partial charge in [0.15, 0.2) is 18.1 Å². The minimum Gasteiger partial charge on any atom is -0.493 e. The van der Waals surface area contributed by atoms with Crippen LogP contribution in [-0.4, -0.2) is 33.4 Å². The van der Waals surface area contributed by atoms with Crippen LogP contribution in [0, 0.1) is 24.7 Å². The van der Waals surface area contributed by atoms with Crippen LogP contribution in [0.2, 0.25) is 0 Å². The van der Waals surface area contributed by atoms with Gasteiger partial charge in [0.25, 0.3) is 0 Å². The Hall–Kier alpha value is -3.05. The van der Waals surface area contributed by atoms with Crippen molar-refractivity contribution < 1.29 is 23.7 Å². The molecule has 114 valence electrons. The largest absolute Gasteiger partial charge is 0.493 e. The summed E-state index contributed by atoms with van der Waals surface area (Å²) >= 11 is 0. The fourth-order valence-corrected chi connectivity index (χ4v) is 1.58. The third-order valence-electron chi connectivity index (χ3n) is 2.49. The summed E-state index contributed by atoms with van der Waals surface area (Å²) in [5, 5.41) is 0. The van der Waals surface area contributed by atoms with Crippen LogP contribution < -0.4 is 14.2 Å². The molecule has 0 unspecified atom stereocenters. The zero-order chi connectivity index (χ0) is 16.4. The molecule has 0 spiro atoms. The van der Waals surface area contributed by atoms with Crippen molar-refractivity contribution in [1.29, 1.82) is 0 Å². The van der Waals surface area contributed by atoms with Crippen LogP contribution in [0.5, 0.6) is 17.2 Å². The van der Waals surface area contributed by atoms with E-state index in [-0.39, 0.29) is 13.2 Å². The molecule has 22 heavy (non-hydrogen) atoms. The second-order valence-corrected chi connectivity index (χ2v) is 3.89. The van der Waals surface area contributed by atoms with Gasteiger partial charge in [0, 0.05) is 6.08 Å². The van der Waals surface area contributed by atoms with Crippen molar-refractivity contribution in [1.82, 2.24) is 0 Å². The first kappa shape index (κ1) is 17.0. The van der Waals surface area contributed by atoms with Crippen molar-refractivity contribution in [3.05, 3.63) is 23.8 Å². The zero-order valence-corrected chi connectivity index (χ0v) is 12.4. The molecule has 0 N–H and O–H groups in total. The van der Waals surface area contributed by atoms with Crippen molar-refractivity contribution in [2.75, 3.05) is 27.4 Å². The van der Waals surface area contributed by atoms with Crippen LogP contribution in [-0.2, 0) is 9.53 Å². The van der Waals surface area contributed by atoms with E-state index in [1.54, 1.807) is 18.2 Å². The molecule has 0 aliphatic rings. The first-order valence-corrected chi connectivity index (χ1v) is 6.26. The third-order valence-corrected chi connectivity index (χ3v) is 2.49. The Morgan fingerprint density at radius 3 is 2.23 bits per heavy atom. The second-order valence-electron chi connectivity index (χ2n) is 3.89. The van der Waals surface area contributed by atoms with Crippen LogP contribution >= 0.6 is 0 Å².